The lowest BCUT2D eigenvalue weighted by Gasteiger charge is -1.98. The van der Waals surface area contributed by atoms with Crippen molar-refractivity contribution in [2.24, 2.45) is 0 Å². The molecule has 2 heterocycles. The molecule has 2 aromatic heterocycles. The van der Waals surface area contributed by atoms with Crippen LogP contribution in [0.25, 0.3) is 23.4 Å². The zero-order chi connectivity index (χ0) is 17.1. The minimum Gasteiger partial charge on any atom is -0.464 e. The lowest BCUT2D eigenvalue weighted by molar-refractivity contribution is 0.0594. The van der Waals surface area contributed by atoms with Crippen molar-refractivity contribution in [3.8, 4) is 11.3 Å². The van der Waals surface area contributed by atoms with E-state index in [0.29, 0.717) is 17.1 Å². The lowest BCUT2D eigenvalue weighted by Crippen LogP contribution is -2.00. The number of rotatable bonds is 4. The van der Waals surface area contributed by atoms with Crippen LogP contribution >= 0.6 is 0 Å². The number of aromatic nitrogens is 3. The number of hydrogen-bond donors (Lipinski definition) is 1. The summed E-state index contributed by atoms with van der Waals surface area (Å²) < 4.78 is 22.9. The minimum atomic E-state index is -0.515. The first-order valence-corrected chi connectivity index (χ1v) is 7.12. The molecule has 122 valence electrons. The molecule has 0 aliphatic rings. The number of carbonyl (C=O) groups is 1. The zero-order valence-electron chi connectivity index (χ0n) is 13.0. The highest BCUT2D eigenvalue weighted by Gasteiger charge is 2.13. The summed E-state index contributed by atoms with van der Waals surface area (Å²) in [4.78, 5) is 11.4. The number of benzene rings is 1. The molecule has 7 heteroatoms. The Morgan fingerprint density at radius 3 is 2.75 bits per heavy atom. The number of H-pyrrole nitrogens is 1. The van der Waals surface area contributed by atoms with Crippen LogP contribution in [0.2, 0.25) is 0 Å². The van der Waals surface area contributed by atoms with Gasteiger partial charge < -0.3 is 9.26 Å². The van der Waals surface area contributed by atoms with Gasteiger partial charge in [-0.05, 0) is 49.4 Å². The minimum absolute atomic E-state index is 0.193. The summed E-state index contributed by atoms with van der Waals surface area (Å²) in [6, 6.07) is 7.57. The first kappa shape index (κ1) is 15.7. The van der Waals surface area contributed by atoms with Crippen LogP contribution in [0.1, 0.15) is 27.5 Å². The molecule has 0 spiro atoms. The maximum absolute atomic E-state index is 13.1. The number of nitrogens with zero attached hydrogens (tertiary/aromatic N) is 2. The van der Waals surface area contributed by atoms with Gasteiger partial charge in [0.1, 0.15) is 17.3 Å². The van der Waals surface area contributed by atoms with Crippen LogP contribution in [0.15, 0.2) is 34.9 Å². The predicted molar refractivity (Wildman–Crippen MR) is 85.5 cm³/mol. The molecule has 0 fully saturated rings. The van der Waals surface area contributed by atoms with E-state index in [9.17, 15) is 9.18 Å². The molecule has 0 bridgehead atoms. The Kier molecular flexibility index (Phi) is 4.24. The molecule has 0 saturated carbocycles. The van der Waals surface area contributed by atoms with Crippen LogP contribution in [-0.4, -0.2) is 28.4 Å². The Labute approximate surface area is 136 Å². The lowest BCUT2D eigenvalue weighted by atomic mass is 10.1. The van der Waals surface area contributed by atoms with Crippen molar-refractivity contribution in [2.75, 3.05) is 7.11 Å². The maximum Gasteiger partial charge on any atom is 0.358 e. The number of methoxy groups -OCH3 is 1. The van der Waals surface area contributed by atoms with E-state index >= 15 is 0 Å². The third-order valence-corrected chi connectivity index (χ3v) is 3.45. The molecular weight excluding hydrogens is 313 g/mol. The fourth-order valence-corrected chi connectivity index (χ4v) is 2.20. The molecule has 3 aromatic rings. The number of esters is 1. The van der Waals surface area contributed by atoms with E-state index in [1.54, 1.807) is 37.3 Å². The van der Waals surface area contributed by atoms with Crippen molar-refractivity contribution in [3.05, 3.63) is 58.9 Å². The van der Waals surface area contributed by atoms with Gasteiger partial charge in [-0.2, -0.15) is 5.10 Å². The highest BCUT2D eigenvalue weighted by atomic mass is 19.1. The van der Waals surface area contributed by atoms with Crippen molar-refractivity contribution >= 4 is 18.1 Å². The largest absolute Gasteiger partial charge is 0.464 e. The Morgan fingerprint density at radius 1 is 1.29 bits per heavy atom. The molecule has 1 aromatic carbocycles. The van der Waals surface area contributed by atoms with Crippen molar-refractivity contribution in [2.45, 2.75) is 6.92 Å². The molecule has 6 nitrogen and oxygen atoms in total. The standard InChI is InChI=1S/C17H14FN3O3/c1-10-14(8-7-13-9-15(20-19-13)17(22)23-2)16(21-24-10)11-3-5-12(18)6-4-11/h3-9H,1-2H3,(H,19,20)/b8-7+. The summed E-state index contributed by atoms with van der Waals surface area (Å²) in [5.41, 5.74) is 2.93. The van der Waals surface area contributed by atoms with Crippen LogP contribution in [0.5, 0.6) is 0 Å². The van der Waals surface area contributed by atoms with Gasteiger partial charge in [0.2, 0.25) is 0 Å². The zero-order valence-corrected chi connectivity index (χ0v) is 13.0. The van der Waals surface area contributed by atoms with Crippen LogP contribution in [0.3, 0.4) is 0 Å². The highest BCUT2D eigenvalue weighted by Crippen LogP contribution is 2.27. The Balaban J connectivity index is 1.90. The van der Waals surface area contributed by atoms with Crippen molar-refractivity contribution in [1.29, 1.82) is 0 Å². The van der Waals surface area contributed by atoms with Crippen LogP contribution in [0, 0.1) is 12.7 Å². The predicted octanol–water partition coefficient (Wildman–Crippen LogP) is 3.47. The van der Waals surface area contributed by atoms with E-state index in [4.69, 9.17) is 4.52 Å². The van der Waals surface area contributed by atoms with Crippen LogP contribution in [0.4, 0.5) is 4.39 Å². The first-order valence-electron chi connectivity index (χ1n) is 7.12. The second kappa shape index (κ2) is 6.49. The maximum atomic E-state index is 13.1. The van der Waals surface area contributed by atoms with Gasteiger partial charge in [-0.25, -0.2) is 9.18 Å². The summed E-state index contributed by atoms with van der Waals surface area (Å²) >= 11 is 0. The summed E-state index contributed by atoms with van der Waals surface area (Å²) in [6.07, 6.45) is 3.53. The van der Waals surface area contributed by atoms with Gasteiger partial charge in [-0.15, -0.1) is 0 Å². The Bertz CT molecular complexity index is 894. The van der Waals surface area contributed by atoms with E-state index in [0.717, 1.165) is 11.1 Å². The van der Waals surface area contributed by atoms with Crippen molar-refractivity contribution in [3.63, 3.8) is 0 Å². The number of aryl methyl sites for hydroxylation is 1. The summed E-state index contributed by atoms with van der Waals surface area (Å²) in [7, 11) is 1.29. The SMILES string of the molecule is COC(=O)c1cc(/C=C/c2c(-c3ccc(F)cc3)noc2C)[nH]n1. The second-order valence-corrected chi connectivity index (χ2v) is 5.04. The molecule has 0 saturated heterocycles. The van der Waals surface area contributed by atoms with Gasteiger partial charge in [0.25, 0.3) is 0 Å². The van der Waals surface area contributed by atoms with Gasteiger partial charge in [0.05, 0.1) is 12.8 Å². The summed E-state index contributed by atoms with van der Waals surface area (Å²) in [6.45, 7) is 1.78. The number of carbonyl (C=O) groups excluding carboxylic acids is 1. The molecule has 0 amide bonds. The number of hydrogen-bond acceptors (Lipinski definition) is 5. The number of aromatic amines is 1. The molecule has 3 rings (SSSR count). The van der Waals surface area contributed by atoms with Crippen LogP contribution < -0.4 is 0 Å². The number of nitrogens with one attached hydrogen (secondary N) is 1. The Hall–Kier alpha value is -3.22. The van der Waals surface area contributed by atoms with Gasteiger partial charge in [0, 0.05) is 11.1 Å². The van der Waals surface area contributed by atoms with Crippen LogP contribution in [-0.2, 0) is 4.74 Å². The van der Waals surface area contributed by atoms with Gasteiger partial charge in [0.15, 0.2) is 5.69 Å². The Morgan fingerprint density at radius 2 is 2.04 bits per heavy atom. The van der Waals surface area contributed by atoms with E-state index in [1.165, 1.54) is 19.2 Å². The van der Waals surface area contributed by atoms with Gasteiger partial charge in [-0.3, -0.25) is 5.10 Å². The topological polar surface area (TPSA) is 81.0 Å². The van der Waals surface area contributed by atoms with Gasteiger partial charge in [-0.1, -0.05) is 5.16 Å². The quantitative estimate of drug-likeness (QED) is 0.742. The second-order valence-electron chi connectivity index (χ2n) is 5.04. The van der Waals surface area contributed by atoms with E-state index < -0.39 is 5.97 Å². The fourth-order valence-electron chi connectivity index (χ4n) is 2.20. The summed E-state index contributed by atoms with van der Waals surface area (Å²) in [5.74, 6) is -0.207. The normalized spacial score (nSPS) is 11.1. The van der Waals surface area contributed by atoms with E-state index in [1.807, 2.05) is 0 Å². The number of halogens is 1. The van der Waals surface area contributed by atoms with E-state index in [2.05, 4.69) is 20.1 Å². The average molecular weight is 327 g/mol. The number of ether oxygens (including phenoxy) is 1. The molecule has 0 aliphatic carbocycles. The van der Waals surface area contributed by atoms with Gasteiger partial charge >= 0.3 is 5.97 Å². The molecule has 0 unspecified atom stereocenters. The first-order chi connectivity index (χ1) is 11.6. The van der Waals surface area contributed by atoms with Crippen molar-refractivity contribution in [1.82, 2.24) is 15.4 Å². The molecule has 0 aliphatic heterocycles. The highest BCUT2D eigenvalue weighted by molar-refractivity contribution is 5.88. The fraction of sp³-hybridized carbons (Fsp3) is 0.118. The third-order valence-electron chi connectivity index (χ3n) is 3.45. The molecule has 1 N–H and O–H groups in total. The van der Waals surface area contributed by atoms with E-state index in [-0.39, 0.29) is 11.5 Å². The van der Waals surface area contributed by atoms with Crippen molar-refractivity contribution < 1.29 is 18.4 Å². The summed E-state index contributed by atoms with van der Waals surface area (Å²) in [5, 5.41) is 10.6. The molecular formula is C17H14FN3O3. The average Bonchev–Trinajstić information content (AvgIpc) is 3.20. The molecule has 0 radical (unpaired) electrons. The smallest absolute Gasteiger partial charge is 0.358 e. The third kappa shape index (κ3) is 3.10. The monoisotopic (exact) mass is 327 g/mol. The molecule has 0 atom stereocenters. The molecule has 24 heavy (non-hydrogen) atoms.